The average molecular weight is 244 g/mol. The van der Waals surface area contributed by atoms with Crippen molar-refractivity contribution in [2.24, 2.45) is 17.2 Å². The van der Waals surface area contributed by atoms with Crippen molar-refractivity contribution >= 4 is 17.8 Å². The molecule has 2 amide bonds. The maximum atomic E-state index is 11.3. The molecule has 0 aliphatic carbocycles. The minimum absolute atomic E-state index is 0.139. The number of hydrogen-bond donors (Lipinski definition) is 6. The predicted octanol–water partition coefficient (Wildman–Crippen LogP) is -2.43. The third-order valence-electron chi connectivity index (χ3n) is 2.06. The number of guanidine groups is 1. The topological polar surface area (TPSA) is 160 Å². The van der Waals surface area contributed by atoms with Crippen LogP contribution in [0.2, 0.25) is 0 Å². The SMILES string of the molecule is C[C@H](N)C(=O)N[C@@H](CCCNC(=N)N)C(N)=O. The lowest BCUT2D eigenvalue weighted by atomic mass is 10.1. The van der Waals surface area contributed by atoms with Crippen LogP contribution in [0.15, 0.2) is 0 Å². The summed E-state index contributed by atoms with van der Waals surface area (Å²) in [7, 11) is 0. The highest BCUT2D eigenvalue weighted by Gasteiger charge is 2.19. The number of nitrogens with one attached hydrogen (secondary N) is 3. The maximum Gasteiger partial charge on any atom is 0.240 e. The molecule has 98 valence electrons. The summed E-state index contributed by atoms with van der Waals surface area (Å²) in [4.78, 5) is 22.3. The average Bonchev–Trinajstić information content (AvgIpc) is 2.21. The van der Waals surface area contributed by atoms with Crippen molar-refractivity contribution in [1.29, 1.82) is 5.41 Å². The number of nitrogens with two attached hydrogens (primary N) is 3. The first kappa shape index (κ1) is 15.2. The minimum Gasteiger partial charge on any atom is -0.370 e. The molecule has 0 radical (unpaired) electrons. The third-order valence-corrected chi connectivity index (χ3v) is 2.06. The van der Waals surface area contributed by atoms with Crippen LogP contribution in [-0.4, -0.2) is 36.4 Å². The predicted molar refractivity (Wildman–Crippen MR) is 63.9 cm³/mol. The van der Waals surface area contributed by atoms with Crippen LogP contribution in [0.4, 0.5) is 0 Å². The number of carbonyl (C=O) groups excluding carboxylic acids is 2. The van der Waals surface area contributed by atoms with Gasteiger partial charge in [0, 0.05) is 6.54 Å². The molecule has 2 atom stereocenters. The van der Waals surface area contributed by atoms with Gasteiger partial charge in [0.05, 0.1) is 6.04 Å². The van der Waals surface area contributed by atoms with E-state index in [0.717, 1.165) is 0 Å². The molecule has 0 aromatic heterocycles. The summed E-state index contributed by atoms with van der Waals surface area (Å²) in [6.45, 7) is 1.96. The van der Waals surface area contributed by atoms with Crippen LogP contribution in [0.5, 0.6) is 0 Å². The van der Waals surface area contributed by atoms with Crippen molar-refractivity contribution in [3.8, 4) is 0 Å². The second kappa shape index (κ2) is 7.44. The molecule has 0 unspecified atom stereocenters. The molecule has 0 fully saturated rings. The summed E-state index contributed by atoms with van der Waals surface area (Å²) >= 11 is 0. The van der Waals surface area contributed by atoms with Crippen LogP contribution >= 0.6 is 0 Å². The standard InChI is InChI=1S/C9H20N6O2/c1-5(10)8(17)15-6(7(11)16)3-2-4-14-9(12)13/h5-6H,2-4,10H2,1H3,(H2,11,16)(H,15,17)(H4,12,13,14)/t5-,6-/m0/s1. The molecule has 8 nitrogen and oxygen atoms in total. The van der Waals surface area contributed by atoms with Crippen LogP contribution in [0.25, 0.3) is 0 Å². The molecule has 0 heterocycles. The summed E-state index contributed by atoms with van der Waals surface area (Å²) < 4.78 is 0. The van der Waals surface area contributed by atoms with E-state index in [9.17, 15) is 9.59 Å². The highest BCUT2D eigenvalue weighted by atomic mass is 16.2. The second-order valence-corrected chi connectivity index (χ2v) is 3.73. The lowest BCUT2D eigenvalue weighted by molar-refractivity contribution is -0.128. The Morgan fingerprint density at radius 2 is 1.94 bits per heavy atom. The fraction of sp³-hybridized carbons (Fsp3) is 0.667. The molecule has 8 heteroatoms. The van der Waals surface area contributed by atoms with Crippen LogP contribution in [-0.2, 0) is 9.59 Å². The Hall–Kier alpha value is -1.83. The molecule has 0 aliphatic rings. The van der Waals surface area contributed by atoms with E-state index in [4.69, 9.17) is 22.6 Å². The number of hydrogen-bond acceptors (Lipinski definition) is 4. The van der Waals surface area contributed by atoms with Gasteiger partial charge in [0.25, 0.3) is 0 Å². The minimum atomic E-state index is -0.748. The molecular weight excluding hydrogens is 224 g/mol. The fourth-order valence-electron chi connectivity index (χ4n) is 1.12. The Morgan fingerprint density at radius 3 is 2.35 bits per heavy atom. The first-order valence-corrected chi connectivity index (χ1v) is 5.27. The number of rotatable bonds is 7. The van der Waals surface area contributed by atoms with Gasteiger partial charge in [-0.1, -0.05) is 0 Å². The Labute approximate surface area is 99.8 Å². The Morgan fingerprint density at radius 1 is 1.35 bits per heavy atom. The Bertz CT molecular complexity index is 291. The number of primary amides is 1. The van der Waals surface area contributed by atoms with E-state index in [1.54, 1.807) is 0 Å². The van der Waals surface area contributed by atoms with Gasteiger partial charge in [-0.15, -0.1) is 0 Å². The van der Waals surface area contributed by atoms with E-state index in [1.165, 1.54) is 6.92 Å². The Balaban J connectivity index is 4.04. The van der Waals surface area contributed by atoms with Crippen molar-refractivity contribution in [3.05, 3.63) is 0 Å². The quantitative estimate of drug-likeness (QED) is 0.166. The van der Waals surface area contributed by atoms with Crippen LogP contribution in [0.1, 0.15) is 19.8 Å². The fourth-order valence-corrected chi connectivity index (χ4v) is 1.12. The molecule has 0 bridgehead atoms. The Kier molecular flexibility index (Phi) is 6.64. The molecule has 9 N–H and O–H groups in total. The van der Waals surface area contributed by atoms with E-state index in [2.05, 4.69) is 10.6 Å². The van der Waals surface area contributed by atoms with Gasteiger partial charge in [0.2, 0.25) is 11.8 Å². The summed E-state index contributed by atoms with van der Waals surface area (Å²) in [6.07, 6.45) is 0.917. The lowest BCUT2D eigenvalue weighted by Gasteiger charge is -2.16. The van der Waals surface area contributed by atoms with Crippen molar-refractivity contribution in [1.82, 2.24) is 10.6 Å². The second-order valence-electron chi connectivity index (χ2n) is 3.73. The summed E-state index contributed by atoms with van der Waals surface area (Å²) in [5.41, 5.74) is 15.6. The van der Waals surface area contributed by atoms with Crippen LogP contribution in [0.3, 0.4) is 0 Å². The number of carbonyl (C=O) groups is 2. The van der Waals surface area contributed by atoms with E-state index in [1.807, 2.05) is 0 Å². The van der Waals surface area contributed by atoms with Gasteiger partial charge >= 0.3 is 0 Å². The van der Waals surface area contributed by atoms with Gasteiger partial charge in [-0.05, 0) is 19.8 Å². The van der Waals surface area contributed by atoms with E-state index in [0.29, 0.717) is 19.4 Å². The summed E-state index contributed by atoms with van der Waals surface area (Å²) in [6, 6.07) is -1.44. The van der Waals surface area contributed by atoms with Crippen molar-refractivity contribution in [2.45, 2.75) is 31.8 Å². The molecule has 0 rings (SSSR count). The molecule has 0 saturated heterocycles. The van der Waals surface area contributed by atoms with Crippen molar-refractivity contribution in [2.75, 3.05) is 6.54 Å². The summed E-state index contributed by atoms with van der Waals surface area (Å²) in [5, 5.41) is 12.0. The van der Waals surface area contributed by atoms with Gasteiger partial charge in [-0.25, -0.2) is 0 Å². The smallest absolute Gasteiger partial charge is 0.240 e. The van der Waals surface area contributed by atoms with Crippen LogP contribution in [0, 0.1) is 5.41 Å². The third kappa shape index (κ3) is 7.12. The summed E-state index contributed by atoms with van der Waals surface area (Å²) in [5.74, 6) is -1.17. The zero-order valence-corrected chi connectivity index (χ0v) is 9.82. The maximum absolute atomic E-state index is 11.3. The molecule has 0 spiro atoms. The molecule has 0 aliphatic heterocycles. The molecule has 0 aromatic carbocycles. The molecule has 17 heavy (non-hydrogen) atoms. The van der Waals surface area contributed by atoms with Gasteiger partial charge in [-0.3, -0.25) is 15.0 Å². The monoisotopic (exact) mass is 244 g/mol. The lowest BCUT2D eigenvalue weighted by Crippen LogP contribution is -2.49. The van der Waals surface area contributed by atoms with Gasteiger partial charge in [0.15, 0.2) is 5.96 Å². The molecule has 0 saturated carbocycles. The number of amides is 2. The highest BCUT2D eigenvalue weighted by Crippen LogP contribution is 1.96. The normalized spacial score (nSPS) is 13.5. The van der Waals surface area contributed by atoms with Crippen molar-refractivity contribution < 1.29 is 9.59 Å². The van der Waals surface area contributed by atoms with Crippen LogP contribution < -0.4 is 27.8 Å². The first-order chi connectivity index (χ1) is 7.84. The van der Waals surface area contributed by atoms with Gasteiger partial charge in [-0.2, -0.15) is 0 Å². The van der Waals surface area contributed by atoms with Gasteiger partial charge in [0.1, 0.15) is 6.04 Å². The first-order valence-electron chi connectivity index (χ1n) is 5.27. The molecular formula is C9H20N6O2. The van der Waals surface area contributed by atoms with E-state index in [-0.39, 0.29) is 5.96 Å². The molecule has 0 aromatic rings. The van der Waals surface area contributed by atoms with E-state index < -0.39 is 23.9 Å². The zero-order valence-electron chi connectivity index (χ0n) is 9.82. The van der Waals surface area contributed by atoms with Gasteiger partial charge < -0.3 is 27.8 Å². The highest BCUT2D eigenvalue weighted by molar-refractivity contribution is 5.88. The van der Waals surface area contributed by atoms with E-state index >= 15 is 0 Å². The van der Waals surface area contributed by atoms with Crippen molar-refractivity contribution in [3.63, 3.8) is 0 Å². The zero-order chi connectivity index (χ0) is 13.4. The largest absolute Gasteiger partial charge is 0.370 e.